The fourth-order valence-electron chi connectivity index (χ4n) is 3.12. The molecule has 1 aliphatic rings. The lowest BCUT2D eigenvalue weighted by molar-refractivity contribution is -0.314. The van der Waals surface area contributed by atoms with Gasteiger partial charge in [-0.1, -0.05) is 35.3 Å². The van der Waals surface area contributed by atoms with Gasteiger partial charge in [-0.05, 0) is 54.8 Å². The van der Waals surface area contributed by atoms with Crippen LogP contribution in [0.15, 0.2) is 36.4 Å². The van der Waals surface area contributed by atoms with E-state index in [0.29, 0.717) is 15.8 Å². The van der Waals surface area contributed by atoms with E-state index in [0.717, 1.165) is 16.7 Å². The minimum absolute atomic E-state index is 0.425. The standard InChI is InChI=1S/C20H22Cl2O6/c1-10-7-11(12-3-5-13(21)14(22)8-12)4-6-15(10)27-19-20(2,26)18(25)17(24)16(9-23)28-19/h3-8,16-19,23-26H,9H2,1-2H3/t16-,17-,18+,19+,20+/m1/s1. The van der Waals surface area contributed by atoms with Gasteiger partial charge in [-0.2, -0.15) is 0 Å². The van der Waals surface area contributed by atoms with E-state index >= 15 is 0 Å². The van der Waals surface area contributed by atoms with Crippen molar-refractivity contribution in [3.63, 3.8) is 0 Å². The predicted molar refractivity (Wildman–Crippen MR) is 106 cm³/mol. The van der Waals surface area contributed by atoms with E-state index in [1.807, 2.05) is 25.1 Å². The summed E-state index contributed by atoms with van der Waals surface area (Å²) < 4.78 is 11.3. The first-order valence-corrected chi connectivity index (χ1v) is 9.48. The first-order valence-electron chi connectivity index (χ1n) is 8.72. The Balaban J connectivity index is 1.85. The largest absolute Gasteiger partial charge is 0.461 e. The van der Waals surface area contributed by atoms with Crippen LogP contribution in [0.4, 0.5) is 0 Å². The Kier molecular flexibility index (Phi) is 6.22. The van der Waals surface area contributed by atoms with Crippen LogP contribution in [0.3, 0.4) is 0 Å². The molecule has 3 rings (SSSR count). The van der Waals surface area contributed by atoms with Gasteiger partial charge in [-0.15, -0.1) is 0 Å². The lowest BCUT2D eigenvalue weighted by atomic mass is 9.88. The zero-order chi connectivity index (χ0) is 20.6. The zero-order valence-corrected chi connectivity index (χ0v) is 16.9. The summed E-state index contributed by atoms with van der Waals surface area (Å²) in [4.78, 5) is 0. The highest BCUT2D eigenvalue weighted by Gasteiger charge is 2.53. The maximum absolute atomic E-state index is 10.6. The summed E-state index contributed by atoms with van der Waals surface area (Å²) in [7, 11) is 0. The van der Waals surface area contributed by atoms with Crippen molar-refractivity contribution in [2.75, 3.05) is 6.61 Å². The van der Waals surface area contributed by atoms with Crippen molar-refractivity contribution in [1.29, 1.82) is 0 Å². The van der Waals surface area contributed by atoms with Crippen LogP contribution < -0.4 is 4.74 Å². The predicted octanol–water partition coefficient (Wildman–Crippen LogP) is 2.54. The van der Waals surface area contributed by atoms with Crippen LogP contribution in [-0.2, 0) is 4.74 Å². The summed E-state index contributed by atoms with van der Waals surface area (Å²) in [6.07, 6.45) is -5.33. The molecule has 152 valence electrons. The van der Waals surface area contributed by atoms with E-state index in [1.165, 1.54) is 6.92 Å². The van der Waals surface area contributed by atoms with Gasteiger partial charge in [0.05, 0.1) is 16.7 Å². The maximum Gasteiger partial charge on any atom is 0.231 e. The van der Waals surface area contributed by atoms with E-state index in [2.05, 4.69) is 0 Å². The molecule has 0 aliphatic carbocycles. The summed E-state index contributed by atoms with van der Waals surface area (Å²) in [5, 5.41) is 40.9. The van der Waals surface area contributed by atoms with Crippen molar-refractivity contribution in [3.05, 3.63) is 52.0 Å². The summed E-state index contributed by atoms with van der Waals surface area (Å²) in [5.74, 6) is 0.425. The summed E-state index contributed by atoms with van der Waals surface area (Å²) in [5.41, 5.74) is 0.649. The van der Waals surface area contributed by atoms with Gasteiger partial charge in [-0.3, -0.25) is 0 Å². The Morgan fingerprint density at radius 2 is 1.71 bits per heavy atom. The number of ether oxygens (including phenoxy) is 2. The van der Waals surface area contributed by atoms with Crippen molar-refractivity contribution in [3.8, 4) is 16.9 Å². The van der Waals surface area contributed by atoms with Crippen molar-refractivity contribution >= 4 is 23.2 Å². The van der Waals surface area contributed by atoms with E-state index in [9.17, 15) is 20.4 Å². The van der Waals surface area contributed by atoms with E-state index in [4.69, 9.17) is 32.7 Å². The molecule has 1 heterocycles. The molecule has 1 fully saturated rings. The van der Waals surface area contributed by atoms with Crippen LogP contribution in [0, 0.1) is 6.92 Å². The molecule has 6 nitrogen and oxygen atoms in total. The van der Waals surface area contributed by atoms with Gasteiger partial charge in [0.1, 0.15) is 24.1 Å². The van der Waals surface area contributed by atoms with Crippen LogP contribution in [0.5, 0.6) is 5.75 Å². The molecular weight excluding hydrogens is 407 g/mol. The van der Waals surface area contributed by atoms with Crippen LogP contribution in [0.25, 0.3) is 11.1 Å². The monoisotopic (exact) mass is 428 g/mol. The smallest absolute Gasteiger partial charge is 0.231 e. The normalized spacial score (nSPS) is 30.3. The van der Waals surface area contributed by atoms with E-state index < -0.39 is 36.8 Å². The molecule has 0 amide bonds. The highest BCUT2D eigenvalue weighted by Crippen LogP contribution is 2.35. The molecule has 0 spiro atoms. The number of aliphatic hydroxyl groups excluding tert-OH is 3. The average molecular weight is 429 g/mol. The lowest BCUT2D eigenvalue weighted by Gasteiger charge is -2.45. The number of benzene rings is 2. The second-order valence-corrected chi connectivity index (χ2v) is 7.89. The fraction of sp³-hybridized carbons (Fsp3) is 0.400. The molecule has 2 aromatic carbocycles. The number of hydrogen-bond acceptors (Lipinski definition) is 6. The van der Waals surface area contributed by atoms with E-state index in [1.54, 1.807) is 18.2 Å². The highest BCUT2D eigenvalue weighted by molar-refractivity contribution is 6.42. The summed E-state index contributed by atoms with van der Waals surface area (Å²) in [6.45, 7) is 2.60. The first kappa shape index (κ1) is 21.3. The van der Waals surface area contributed by atoms with Gasteiger partial charge in [-0.25, -0.2) is 0 Å². The third-order valence-corrected chi connectivity index (χ3v) is 5.66. The average Bonchev–Trinajstić information content (AvgIpc) is 2.66. The third-order valence-electron chi connectivity index (χ3n) is 4.92. The molecule has 0 bridgehead atoms. The number of aryl methyl sites for hydroxylation is 1. The molecule has 28 heavy (non-hydrogen) atoms. The Labute approximate surface area is 172 Å². The molecule has 4 N–H and O–H groups in total. The quantitative estimate of drug-likeness (QED) is 0.596. The van der Waals surface area contributed by atoms with Gasteiger partial charge in [0.25, 0.3) is 0 Å². The Morgan fingerprint density at radius 1 is 1.07 bits per heavy atom. The Bertz CT molecular complexity index is 857. The molecular formula is C20H22Cl2O6. The molecule has 0 unspecified atom stereocenters. The molecule has 0 saturated carbocycles. The molecule has 0 aromatic heterocycles. The van der Waals surface area contributed by atoms with E-state index in [-0.39, 0.29) is 0 Å². The highest BCUT2D eigenvalue weighted by atomic mass is 35.5. The minimum Gasteiger partial charge on any atom is -0.461 e. The van der Waals surface area contributed by atoms with Gasteiger partial charge in [0, 0.05) is 0 Å². The van der Waals surface area contributed by atoms with Gasteiger partial charge in [0.15, 0.2) is 5.60 Å². The van der Waals surface area contributed by atoms with Crippen LogP contribution >= 0.6 is 23.2 Å². The number of hydrogen-bond donors (Lipinski definition) is 4. The Morgan fingerprint density at radius 3 is 2.32 bits per heavy atom. The molecule has 5 atom stereocenters. The van der Waals surface area contributed by atoms with Crippen molar-refractivity contribution in [2.24, 2.45) is 0 Å². The summed E-state index contributed by atoms with van der Waals surface area (Å²) in [6, 6.07) is 10.7. The van der Waals surface area contributed by atoms with Crippen LogP contribution in [-0.4, -0.2) is 57.2 Å². The van der Waals surface area contributed by atoms with Gasteiger partial charge in [0.2, 0.25) is 6.29 Å². The van der Waals surface area contributed by atoms with Crippen molar-refractivity contribution < 1.29 is 29.9 Å². The number of halogens is 2. The topological polar surface area (TPSA) is 99.4 Å². The van der Waals surface area contributed by atoms with Crippen molar-refractivity contribution in [2.45, 2.75) is 44.1 Å². The van der Waals surface area contributed by atoms with Crippen LogP contribution in [0.2, 0.25) is 10.0 Å². The van der Waals surface area contributed by atoms with Crippen molar-refractivity contribution in [1.82, 2.24) is 0 Å². The second-order valence-electron chi connectivity index (χ2n) is 7.08. The molecule has 1 saturated heterocycles. The lowest BCUT2D eigenvalue weighted by Crippen LogP contribution is -2.66. The fourth-order valence-corrected chi connectivity index (χ4v) is 3.41. The van der Waals surface area contributed by atoms with Gasteiger partial charge >= 0.3 is 0 Å². The maximum atomic E-state index is 10.6. The van der Waals surface area contributed by atoms with Gasteiger partial charge < -0.3 is 29.9 Å². The molecule has 0 radical (unpaired) electrons. The second kappa shape index (κ2) is 8.16. The molecule has 1 aliphatic heterocycles. The number of aliphatic hydroxyl groups is 4. The molecule has 2 aromatic rings. The zero-order valence-electron chi connectivity index (χ0n) is 15.3. The SMILES string of the molecule is Cc1cc(-c2ccc(Cl)c(Cl)c2)ccc1O[C@H]1O[C@H](CO)[C@@H](O)[C@H](O)[C@]1(C)O. The summed E-state index contributed by atoms with van der Waals surface area (Å²) >= 11 is 12.0. The minimum atomic E-state index is -1.88. The molecule has 8 heteroatoms. The Hall–Kier alpha value is -1.38. The third kappa shape index (κ3) is 4.00. The number of rotatable bonds is 4. The van der Waals surface area contributed by atoms with Crippen LogP contribution in [0.1, 0.15) is 12.5 Å². The first-order chi connectivity index (χ1) is 13.1.